The van der Waals surface area contributed by atoms with Gasteiger partial charge in [-0.1, -0.05) is 6.42 Å². The van der Waals surface area contributed by atoms with Gasteiger partial charge < -0.3 is 0 Å². The van der Waals surface area contributed by atoms with Gasteiger partial charge in [0.05, 0.1) is 0 Å². The van der Waals surface area contributed by atoms with Gasteiger partial charge in [-0.25, -0.2) is 0 Å². The Morgan fingerprint density at radius 1 is 1.50 bits per heavy atom. The Labute approximate surface area is 56.6 Å². The maximum atomic E-state index is 7.57. The van der Waals surface area contributed by atoms with Gasteiger partial charge in [-0.05, 0) is 31.1 Å². The first-order valence-corrected chi connectivity index (χ1v) is 3.77. The Balaban J connectivity index is 2.13. The van der Waals surface area contributed by atoms with Crippen LogP contribution in [0.1, 0.15) is 27.0 Å². The van der Waals surface area contributed by atoms with E-state index in [0.717, 1.165) is 12.3 Å². The van der Waals surface area contributed by atoms with Crippen LogP contribution in [-0.4, -0.2) is 5.38 Å². The summed E-state index contributed by atoms with van der Waals surface area (Å²) in [5.74, 6) is 1.34. The Kier molecular flexibility index (Phi) is 0.849. The summed E-state index contributed by atoms with van der Waals surface area (Å²) in [6.45, 7) is 0. The van der Waals surface area contributed by atoms with Crippen molar-refractivity contribution < 1.29 is 1.37 Å². The van der Waals surface area contributed by atoms with Crippen LogP contribution in [0, 0.1) is 11.8 Å². The van der Waals surface area contributed by atoms with E-state index < -0.39 is 0 Å². The lowest BCUT2D eigenvalue weighted by atomic mass is 10.0. The van der Waals surface area contributed by atoms with E-state index in [9.17, 15) is 0 Å². The van der Waals surface area contributed by atoms with E-state index in [-0.39, 0.29) is 6.40 Å². The van der Waals surface area contributed by atoms with Crippen molar-refractivity contribution in [1.29, 1.82) is 0 Å². The fourth-order valence-electron chi connectivity index (χ4n) is 1.93. The van der Waals surface area contributed by atoms with Gasteiger partial charge in [0.1, 0.15) is 0 Å². The maximum Gasteiger partial charge on any atom is 0.0367 e. The molecule has 0 heterocycles. The van der Waals surface area contributed by atoms with Gasteiger partial charge in [-0.15, -0.1) is 11.6 Å². The molecule has 0 spiro atoms. The van der Waals surface area contributed by atoms with Crippen molar-refractivity contribution in [2.24, 2.45) is 11.8 Å². The number of fused-ring (bicyclic) bond motifs is 2. The van der Waals surface area contributed by atoms with Gasteiger partial charge >= 0.3 is 0 Å². The summed E-state index contributed by atoms with van der Waals surface area (Å²) in [6.07, 6.45) is 3.71. The lowest BCUT2D eigenvalue weighted by Gasteiger charge is -2.13. The molecule has 2 rings (SSSR count). The largest absolute Gasteiger partial charge is 0.123 e. The van der Waals surface area contributed by atoms with Crippen LogP contribution < -0.4 is 0 Å². The molecule has 46 valence electrons. The predicted molar refractivity (Wildman–Crippen MR) is 35.1 cm³/mol. The van der Waals surface area contributed by atoms with Gasteiger partial charge in [0.2, 0.25) is 0 Å². The molecule has 0 nitrogen and oxygen atoms in total. The molecule has 2 aliphatic carbocycles. The third-order valence-corrected chi connectivity index (χ3v) is 2.90. The summed E-state index contributed by atoms with van der Waals surface area (Å²) in [7, 11) is 0. The quantitative estimate of drug-likeness (QED) is 0.443. The zero-order valence-corrected chi connectivity index (χ0v) is 5.56. The SMILES string of the molecule is [2H][C@@H]1C[C@H]2C[C@@H]1[C@H](Cl)C2. The van der Waals surface area contributed by atoms with Crippen LogP contribution in [0.15, 0.2) is 0 Å². The molecule has 0 unspecified atom stereocenters. The van der Waals surface area contributed by atoms with Crippen LogP contribution in [0.2, 0.25) is 0 Å². The second-order valence-electron chi connectivity index (χ2n) is 2.99. The molecule has 2 aliphatic rings. The van der Waals surface area contributed by atoms with Crippen LogP contribution in [0.25, 0.3) is 0 Å². The summed E-state index contributed by atoms with van der Waals surface area (Å²) >= 11 is 5.98. The van der Waals surface area contributed by atoms with Crippen LogP contribution >= 0.6 is 11.6 Å². The summed E-state index contributed by atoms with van der Waals surface area (Å²) in [4.78, 5) is 0. The highest BCUT2D eigenvalue weighted by molar-refractivity contribution is 6.21. The van der Waals surface area contributed by atoms with Crippen molar-refractivity contribution in [2.45, 2.75) is 31.0 Å². The van der Waals surface area contributed by atoms with Gasteiger partial charge in [0.15, 0.2) is 0 Å². The van der Waals surface area contributed by atoms with Crippen LogP contribution in [-0.2, 0) is 0 Å². The Morgan fingerprint density at radius 2 is 2.38 bits per heavy atom. The molecule has 0 amide bonds. The Hall–Kier alpha value is 0.290. The fourth-order valence-corrected chi connectivity index (χ4v) is 2.38. The molecule has 0 saturated heterocycles. The zero-order chi connectivity index (χ0) is 6.43. The van der Waals surface area contributed by atoms with E-state index in [1.807, 2.05) is 0 Å². The highest BCUT2D eigenvalue weighted by atomic mass is 35.5. The highest BCUT2D eigenvalue weighted by Gasteiger charge is 2.38. The summed E-state index contributed by atoms with van der Waals surface area (Å²) in [5.41, 5.74) is 0. The van der Waals surface area contributed by atoms with E-state index >= 15 is 0 Å². The molecule has 0 aromatic heterocycles. The molecule has 2 bridgehead atoms. The monoisotopic (exact) mass is 131 g/mol. The lowest BCUT2D eigenvalue weighted by Crippen LogP contribution is -2.08. The standard InChI is InChI=1S/C7H11Cl/c8-7-4-5-1-2-6(7)3-5/h5-7H,1-4H2/t5-,6+,7+/m0/s1/i2D/t2-,5+,6-,7-/m1. The predicted octanol–water partition coefficient (Wildman–Crippen LogP) is 2.41. The molecule has 2 fully saturated rings. The minimum absolute atomic E-state index is 0.172. The first kappa shape index (κ1) is 4.16. The zero-order valence-electron chi connectivity index (χ0n) is 5.81. The molecule has 1 heteroatoms. The van der Waals surface area contributed by atoms with E-state index in [2.05, 4.69) is 0 Å². The van der Waals surface area contributed by atoms with Crippen molar-refractivity contribution in [3.05, 3.63) is 0 Å². The van der Waals surface area contributed by atoms with Crippen molar-refractivity contribution in [3.8, 4) is 0 Å². The van der Waals surface area contributed by atoms with Gasteiger partial charge in [-0.3, -0.25) is 0 Å². The molecule has 0 aliphatic heterocycles. The summed E-state index contributed by atoms with van der Waals surface area (Å²) in [5, 5.41) is 0.339. The van der Waals surface area contributed by atoms with Crippen molar-refractivity contribution in [1.82, 2.24) is 0 Å². The number of rotatable bonds is 0. The minimum atomic E-state index is 0.172. The van der Waals surface area contributed by atoms with Gasteiger partial charge in [0, 0.05) is 6.75 Å². The van der Waals surface area contributed by atoms with Crippen molar-refractivity contribution in [3.63, 3.8) is 0 Å². The van der Waals surface area contributed by atoms with E-state index in [1.54, 1.807) is 0 Å². The van der Waals surface area contributed by atoms with Crippen molar-refractivity contribution >= 4 is 11.6 Å². The number of hydrogen-bond acceptors (Lipinski definition) is 0. The van der Waals surface area contributed by atoms with Crippen molar-refractivity contribution in [2.75, 3.05) is 0 Å². The molecule has 2 saturated carbocycles. The second kappa shape index (κ2) is 1.63. The third-order valence-electron chi connectivity index (χ3n) is 2.40. The smallest absolute Gasteiger partial charge is 0.0367 e. The third kappa shape index (κ3) is 0.589. The molecule has 0 aromatic rings. The number of halogens is 1. The molecular formula is C7H11Cl. The van der Waals surface area contributed by atoms with Crippen LogP contribution in [0.4, 0.5) is 0 Å². The molecule has 0 radical (unpaired) electrons. The maximum absolute atomic E-state index is 7.57. The van der Waals surface area contributed by atoms with E-state index in [0.29, 0.717) is 11.3 Å². The van der Waals surface area contributed by atoms with Crippen LogP contribution in [0.5, 0.6) is 0 Å². The average molecular weight is 132 g/mol. The van der Waals surface area contributed by atoms with Gasteiger partial charge in [0.25, 0.3) is 0 Å². The molecule has 0 N–H and O–H groups in total. The summed E-state index contributed by atoms with van der Waals surface area (Å²) in [6, 6.07) is 0. The fraction of sp³-hybridized carbons (Fsp3) is 1.00. The lowest BCUT2D eigenvalue weighted by molar-refractivity contribution is 0.487. The second-order valence-corrected chi connectivity index (χ2v) is 3.55. The first-order valence-electron chi connectivity index (χ1n) is 3.91. The normalized spacial score (nSPS) is 63.9. The molecule has 0 aromatic carbocycles. The molecule has 8 heavy (non-hydrogen) atoms. The topological polar surface area (TPSA) is 0 Å². The minimum Gasteiger partial charge on any atom is -0.123 e. The number of hydrogen-bond donors (Lipinski definition) is 0. The highest BCUT2D eigenvalue weighted by Crippen LogP contribution is 2.46. The molecule has 4 atom stereocenters. The average Bonchev–Trinajstić information content (AvgIpc) is 2.22. The number of alkyl halides is 1. The Bertz CT molecular complexity index is 114. The first-order chi connectivity index (χ1) is 4.27. The Morgan fingerprint density at radius 3 is 2.75 bits per heavy atom. The van der Waals surface area contributed by atoms with Gasteiger partial charge in [-0.2, -0.15) is 0 Å². The summed E-state index contributed by atoms with van der Waals surface area (Å²) < 4.78 is 7.57. The molecular weight excluding hydrogens is 120 g/mol. The van der Waals surface area contributed by atoms with Crippen LogP contribution in [0.3, 0.4) is 0 Å². The van der Waals surface area contributed by atoms with E-state index in [1.165, 1.54) is 12.8 Å². The van der Waals surface area contributed by atoms with E-state index in [4.69, 9.17) is 13.0 Å².